The Hall–Kier alpha value is 0.0638. The van der Waals surface area contributed by atoms with E-state index in [1.54, 1.807) is 0 Å². The number of rotatable bonds is 7. The number of alkyl halides is 3. The monoisotopic (exact) mass is 336 g/mol. The predicted octanol–water partition coefficient (Wildman–Crippen LogP) is 3.60. The summed E-state index contributed by atoms with van der Waals surface area (Å²) in [4.78, 5) is 0. The van der Waals surface area contributed by atoms with Gasteiger partial charge in [0, 0.05) is 27.9 Å². The van der Waals surface area contributed by atoms with Crippen LogP contribution in [-0.2, 0) is 17.7 Å². The van der Waals surface area contributed by atoms with Crippen molar-refractivity contribution in [1.29, 1.82) is 0 Å². The second-order valence-corrected chi connectivity index (χ2v) is 12.4. The summed E-state index contributed by atoms with van der Waals surface area (Å²) in [7, 11) is -2.89. The summed E-state index contributed by atoms with van der Waals surface area (Å²) in [5, 5.41) is 0. The minimum Gasteiger partial charge on any atom is -0.418 e. The number of hydrogen-bond donors (Lipinski definition) is 0. The smallest absolute Gasteiger partial charge is 0.418 e. The van der Waals surface area contributed by atoms with Crippen LogP contribution in [0.1, 0.15) is 19.8 Å². The molecule has 0 aliphatic heterocycles. The minimum absolute atomic E-state index is 0.909. The highest BCUT2D eigenvalue weighted by molar-refractivity contribution is 6.69. The predicted molar refractivity (Wildman–Crippen MR) is 77.0 cm³/mol. The maximum atomic E-state index is 12.1. The Kier molecular flexibility index (Phi) is 11.1. The second kappa shape index (κ2) is 9.90. The maximum Gasteiger partial charge on any atom is 0.615 e. The summed E-state index contributed by atoms with van der Waals surface area (Å²) in [6.07, 6.45) is 2.45. The average molecular weight is 336 g/mol. The van der Waals surface area contributed by atoms with E-state index in [1.807, 2.05) is 0 Å². The van der Waals surface area contributed by atoms with Gasteiger partial charge >= 0.3 is 14.6 Å². The topological polar surface area (TPSA) is 36.9 Å². The zero-order valence-electron chi connectivity index (χ0n) is 13.4. The van der Waals surface area contributed by atoms with E-state index in [4.69, 9.17) is 4.43 Å². The molecule has 0 radical (unpaired) electrons. The van der Waals surface area contributed by atoms with Gasteiger partial charge in [0.2, 0.25) is 0 Å². The summed E-state index contributed by atoms with van der Waals surface area (Å²) in [5.74, 6) is -4.56. The number of halogens is 3. The van der Waals surface area contributed by atoms with Gasteiger partial charge < -0.3 is 17.7 Å². The van der Waals surface area contributed by atoms with Crippen LogP contribution >= 0.6 is 0 Å². The third kappa shape index (κ3) is 9.08. The van der Waals surface area contributed by atoms with Gasteiger partial charge in [-0.1, -0.05) is 13.3 Å². The van der Waals surface area contributed by atoms with Crippen LogP contribution in [0.25, 0.3) is 0 Å². The van der Waals surface area contributed by atoms with E-state index in [-0.39, 0.29) is 0 Å². The first-order valence-electron chi connectivity index (χ1n) is 6.35. The number of hydrogen-bond acceptors (Lipinski definition) is 4. The molecule has 124 valence electrons. The van der Waals surface area contributed by atoms with Gasteiger partial charge in [-0.2, -0.15) is 13.2 Å². The fourth-order valence-corrected chi connectivity index (χ4v) is 3.07. The first kappa shape index (κ1) is 22.3. The van der Waals surface area contributed by atoms with E-state index in [0.717, 1.165) is 27.9 Å². The van der Waals surface area contributed by atoms with E-state index in [9.17, 15) is 13.2 Å². The second-order valence-electron chi connectivity index (χ2n) is 4.98. The third-order valence-electron chi connectivity index (χ3n) is 2.19. The van der Waals surface area contributed by atoms with Crippen LogP contribution in [0.4, 0.5) is 13.2 Å². The normalized spacial score (nSPS) is 12.9. The van der Waals surface area contributed by atoms with E-state index < -0.39 is 22.9 Å². The molecule has 0 aliphatic rings. The Labute approximate surface area is 122 Å². The Bertz CT molecular complexity index is 233. The van der Waals surface area contributed by atoms with Gasteiger partial charge in [0.1, 0.15) is 0 Å². The largest absolute Gasteiger partial charge is 0.615 e. The molecule has 0 atom stereocenters. The van der Waals surface area contributed by atoms with Gasteiger partial charge in [-0.3, -0.25) is 0 Å². The first-order valence-corrected chi connectivity index (χ1v) is 11.5. The van der Waals surface area contributed by atoms with Crippen LogP contribution < -0.4 is 0 Å². The van der Waals surface area contributed by atoms with E-state index in [1.165, 1.54) is 12.8 Å². The first-order chi connectivity index (χ1) is 8.99. The Morgan fingerprint density at radius 1 is 0.900 bits per heavy atom. The molecule has 0 aromatic rings. The zero-order chi connectivity index (χ0) is 16.4. The van der Waals surface area contributed by atoms with Crippen molar-refractivity contribution in [3.8, 4) is 0 Å². The molecule has 0 unspecified atom stereocenters. The molecule has 0 bridgehead atoms. The van der Waals surface area contributed by atoms with Crippen molar-refractivity contribution in [3.05, 3.63) is 0 Å². The fourth-order valence-electron chi connectivity index (χ4n) is 1.12. The van der Waals surface area contributed by atoms with Crippen LogP contribution in [0.5, 0.6) is 0 Å². The molecule has 9 heteroatoms. The van der Waals surface area contributed by atoms with Crippen LogP contribution in [0.3, 0.4) is 0 Å². The Balaban J connectivity index is 0. The maximum absolute atomic E-state index is 12.1. The molecule has 0 aliphatic carbocycles. The molecule has 0 fully saturated rings. The Morgan fingerprint density at radius 3 is 1.45 bits per heavy atom. The molecule has 0 rings (SSSR count). The lowest BCUT2D eigenvalue weighted by molar-refractivity contribution is -0.122. The van der Waals surface area contributed by atoms with E-state index in [2.05, 4.69) is 39.8 Å². The summed E-state index contributed by atoms with van der Waals surface area (Å²) >= 11 is 0. The van der Waals surface area contributed by atoms with Crippen molar-refractivity contribution in [2.75, 3.05) is 27.9 Å². The zero-order valence-corrected chi connectivity index (χ0v) is 15.4. The quantitative estimate of drug-likeness (QED) is 0.526. The molecule has 0 amide bonds. The summed E-state index contributed by atoms with van der Waals surface area (Å²) < 4.78 is 54.3. The molecule has 0 heterocycles. The van der Waals surface area contributed by atoms with Crippen LogP contribution in [0.2, 0.25) is 19.6 Å². The lowest BCUT2D eigenvalue weighted by atomic mass is 10.4. The van der Waals surface area contributed by atoms with Gasteiger partial charge in [0.05, 0.1) is 0 Å². The molecule has 0 saturated carbocycles. The number of unbranched alkanes of at least 4 members (excludes halogenated alkanes) is 1. The molecular formula is C11H27F3O4Si2. The highest BCUT2D eigenvalue weighted by Crippen LogP contribution is 2.29. The molecule has 20 heavy (non-hydrogen) atoms. The van der Waals surface area contributed by atoms with Gasteiger partial charge in [-0.05, 0) is 26.1 Å². The molecule has 4 nitrogen and oxygen atoms in total. The van der Waals surface area contributed by atoms with Crippen molar-refractivity contribution in [2.45, 2.75) is 45.2 Å². The molecule has 0 spiro atoms. The van der Waals surface area contributed by atoms with Crippen molar-refractivity contribution >= 4 is 17.1 Å². The molecular weight excluding hydrogens is 309 g/mol. The average Bonchev–Trinajstić information content (AvgIpc) is 2.30. The van der Waals surface area contributed by atoms with Gasteiger partial charge in [0.15, 0.2) is 8.32 Å². The van der Waals surface area contributed by atoms with Gasteiger partial charge in [-0.15, -0.1) is 0 Å². The highest BCUT2D eigenvalue weighted by atomic mass is 28.4. The standard InChI is InChI=1S/C7H18OSi.C4H9F3O3Si/c1-5-6-7-8-9(2,3)4;1-8-11(9-2,10-3)4(5,6)7/h5-7H2,1-4H3;1-3H3. The SMILES string of the molecule is CCCCO[Si](C)(C)C.CO[Si](OC)(OC)C(F)(F)F. The van der Waals surface area contributed by atoms with E-state index >= 15 is 0 Å². The third-order valence-corrected chi connectivity index (χ3v) is 5.56. The van der Waals surface area contributed by atoms with Crippen LogP contribution in [0.15, 0.2) is 0 Å². The van der Waals surface area contributed by atoms with Gasteiger partial charge in [-0.25, -0.2) is 0 Å². The Morgan fingerprint density at radius 2 is 1.30 bits per heavy atom. The fraction of sp³-hybridized carbons (Fsp3) is 1.00. The van der Waals surface area contributed by atoms with Crippen LogP contribution in [-0.4, -0.2) is 50.9 Å². The molecule has 0 aromatic heterocycles. The van der Waals surface area contributed by atoms with Crippen molar-refractivity contribution < 1.29 is 30.9 Å². The van der Waals surface area contributed by atoms with Crippen molar-refractivity contribution in [3.63, 3.8) is 0 Å². The van der Waals surface area contributed by atoms with E-state index in [0.29, 0.717) is 0 Å². The lowest BCUT2D eigenvalue weighted by Gasteiger charge is -2.25. The lowest BCUT2D eigenvalue weighted by Crippen LogP contribution is -2.56. The molecule has 0 aromatic carbocycles. The molecule has 0 N–H and O–H groups in total. The highest BCUT2D eigenvalue weighted by Gasteiger charge is 2.65. The van der Waals surface area contributed by atoms with Crippen molar-refractivity contribution in [1.82, 2.24) is 0 Å². The molecule has 0 saturated heterocycles. The minimum atomic E-state index is -4.56. The summed E-state index contributed by atoms with van der Waals surface area (Å²) in [5.41, 5.74) is 0. The van der Waals surface area contributed by atoms with Crippen molar-refractivity contribution in [2.24, 2.45) is 0 Å². The summed E-state index contributed by atoms with van der Waals surface area (Å²) in [6.45, 7) is 9.83. The van der Waals surface area contributed by atoms with Gasteiger partial charge in [0.25, 0.3) is 0 Å². The van der Waals surface area contributed by atoms with Crippen LogP contribution in [0, 0.1) is 0 Å². The summed E-state index contributed by atoms with van der Waals surface area (Å²) in [6, 6.07) is 0.